The summed E-state index contributed by atoms with van der Waals surface area (Å²) in [5.74, 6) is 2.45. The van der Waals surface area contributed by atoms with E-state index in [-0.39, 0.29) is 0 Å². The maximum atomic E-state index is 5.95. The van der Waals surface area contributed by atoms with Gasteiger partial charge in [0.2, 0.25) is 0 Å². The van der Waals surface area contributed by atoms with E-state index in [1.54, 1.807) is 0 Å². The second-order valence-corrected chi connectivity index (χ2v) is 6.36. The Bertz CT molecular complexity index is 818. The average Bonchev–Trinajstić information content (AvgIpc) is 2.90. The zero-order valence-electron chi connectivity index (χ0n) is 14.3. The Hall–Kier alpha value is -2.29. The van der Waals surface area contributed by atoms with E-state index in [1.807, 2.05) is 12.1 Å². The van der Waals surface area contributed by atoms with Gasteiger partial charge in [0.1, 0.15) is 18.2 Å². The molecule has 0 unspecified atom stereocenters. The first-order valence-corrected chi connectivity index (χ1v) is 8.21. The van der Waals surface area contributed by atoms with Crippen LogP contribution in [0.5, 0.6) is 5.75 Å². The van der Waals surface area contributed by atoms with Crippen molar-refractivity contribution in [2.75, 3.05) is 6.61 Å². The van der Waals surface area contributed by atoms with Crippen molar-refractivity contribution in [2.45, 2.75) is 40.2 Å². The summed E-state index contributed by atoms with van der Waals surface area (Å²) in [5.41, 5.74) is 4.79. The predicted octanol–water partition coefficient (Wildman–Crippen LogP) is 4.86. The van der Waals surface area contributed by atoms with Gasteiger partial charge in [-0.15, -0.1) is 0 Å². The van der Waals surface area contributed by atoms with Crippen LogP contribution < -0.4 is 4.74 Å². The Morgan fingerprint density at radius 2 is 1.83 bits per heavy atom. The van der Waals surface area contributed by atoms with Crippen LogP contribution in [0, 0.1) is 13.8 Å². The predicted molar refractivity (Wildman–Crippen MR) is 95.2 cm³/mol. The lowest BCUT2D eigenvalue weighted by atomic mass is 10.1. The van der Waals surface area contributed by atoms with Gasteiger partial charge < -0.3 is 9.30 Å². The summed E-state index contributed by atoms with van der Waals surface area (Å²) in [7, 11) is 0. The number of imidazole rings is 1. The third kappa shape index (κ3) is 3.24. The lowest BCUT2D eigenvalue weighted by molar-refractivity contribution is 0.297. The number of hydrogen-bond donors (Lipinski definition) is 0. The summed E-state index contributed by atoms with van der Waals surface area (Å²) in [6.07, 6.45) is 0. The highest BCUT2D eigenvalue weighted by Gasteiger charge is 2.13. The monoisotopic (exact) mass is 308 g/mol. The molecule has 1 heterocycles. The first-order chi connectivity index (χ1) is 11.1. The van der Waals surface area contributed by atoms with Crippen LogP contribution >= 0.6 is 0 Å². The summed E-state index contributed by atoms with van der Waals surface area (Å²) in [6.45, 7) is 10.0. The topological polar surface area (TPSA) is 27.1 Å². The molecule has 0 saturated carbocycles. The van der Waals surface area contributed by atoms with Gasteiger partial charge >= 0.3 is 0 Å². The maximum absolute atomic E-state index is 5.95. The van der Waals surface area contributed by atoms with Gasteiger partial charge in [-0.1, -0.05) is 32.0 Å². The Kier molecular flexibility index (Phi) is 4.37. The summed E-state index contributed by atoms with van der Waals surface area (Å²) in [6, 6.07) is 14.6. The molecule has 0 saturated heterocycles. The van der Waals surface area contributed by atoms with E-state index in [0.29, 0.717) is 12.5 Å². The molecule has 0 radical (unpaired) electrons. The van der Waals surface area contributed by atoms with Crippen LogP contribution in [0.1, 0.15) is 36.7 Å². The summed E-state index contributed by atoms with van der Waals surface area (Å²) in [4.78, 5) is 4.77. The van der Waals surface area contributed by atoms with Crippen molar-refractivity contribution in [2.24, 2.45) is 0 Å². The molecule has 1 aromatic heterocycles. The molecule has 2 aromatic carbocycles. The maximum Gasteiger partial charge on any atom is 0.119 e. The SMILES string of the molecule is Cc1ccc(OCCn2c(C(C)C)nc3ccccc32)cc1C. The molecule has 3 rings (SSSR count). The van der Waals surface area contributed by atoms with Crippen molar-refractivity contribution in [3.05, 3.63) is 59.4 Å². The molecule has 0 aliphatic rings. The van der Waals surface area contributed by atoms with Crippen LogP contribution in [-0.2, 0) is 6.54 Å². The van der Waals surface area contributed by atoms with Crippen LogP contribution in [0.4, 0.5) is 0 Å². The van der Waals surface area contributed by atoms with E-state index in [1.165, 1.54) is 16.6 Å². The minimum absolute atomic E-state index is 0.393. The van der Waals surface area contributed by atoms with E-state index in [4.69, 9.17) is 9.72 Å². The van der Waals surface area contributed by atoms with Crippen LogP contribution in [0.25, 0.3) is 11.0 Å². The summed E-state index contributed by atoms with van der Waals surface area (Å²) < 4.78 is 8.23. The highest BCUT2D eigenvalue weighted by atomic mass is 16.5. The highest BCUT2D eigenvalue weighted by molar-refractivity contribution is 5.76. The van der Waals surface area contributed by atoms with Gasteiger partial charge in [0.15, 0.2) is 0 Å². The van der Waals surface area contributed by atoms with Crippen molar-refractivity contribution in [3.63, 3.8) is 0 Å². The highest BCUT2D eigenvalue weighted by Crippen LogP contribution is 2.22. The number of aromatic nitrogens is 2. The normalized spacial score (nSPS) is 11.3. The number of nitrogens with zero attached hydrogens (tertiary/aromatic N) is 2. The van der Waals surface area contributed by atoms with E-state index < -0.39 is 0 Å². The molecular formula is C20H24N2O. The third-order valence-electron chi connectivity index (χ3n) is 4.26. The lowest BCUT2D eigenvalue weighted by Gasteiger charge is -2.13. The van der Waals surface area contributed by atoms with Gasteiger partial charge in [0.25, 0.3) is 0 Å². The van der Waals surface area contributed by atoms with E-state index in [2.05, 4.69) is 62.6 Å². The molecule has 3 nitrogen and oxygen atoms in total. The van der Waals surface area contributed by atoms with Gasteiger partial charge in [-0.2, -0.15) is 0 Å². The van der Waals surface area contributed by atoms with Crippen LogP contribution in [-0.4, -0.2) is 16.2 Å². The fourth-order valence-electron chi connectivity index (χ4n) is 2.83. The van der Waals surface area contributed by atoms with Crippen LogP contribution in [0.3, 0.4) is 0 Å². The van der Waals surface area contributed by atoms with Crippen molar-refractivity contribution in [1.29, 1.82) is 0 Å². The zero-order valence-corrected chi connectivity index (χ0v) is 14.3. The molecule has 0 aliphatic carbocycles. The molecule has 23 heavy (non-hydrogen) atoms. The van der Waals surface area contributed by atoms with Crippen molar-refractivity contribution in [3.8, 4) is 5.75 Å². The van der Waals surface area contributed by atoms with Crippen molar-refractivity contribution < 1.29 is 4.74 Å². The first kappa shape index (κ1) is 15.6. The van der Waals surface area contributed by atoms with Gasteiger partial charge in [-0.3, -0.25) is 0 Å². The molecule has 0 aliphatic heterocycles. The van der Waals surface area contributed by atoms with Crippen LogP contribution in [0.2, 0.25) is 0 Å². The number of aryl methyl sites for hydroxylation is 2. The van der Waals surface area contributed by atoms with E-state index >= 15 is 0 Å². The number of hydrogen-bond acceptors (Lipinski definition) is 2. The molecule has 120 valence electrons. The Labute approximate surface area is 137 Å². The minimum atomic E-state index is 0.393. The Balaban J connectivity index is 1.78. The summed E-state index contributed by atoms with van der Waals surface area (Å²) in [5, 5.41) is 0. The standard InChI is InChI=1S/C20H24N2O/c1-14(2)20-21-18-7-5-6-8-19(18)22(20)11-12-23-17-10-9-15(3)16(4)13-17/h5-10,13-14H,11-12H2,1-4H3. The molecule has 3 aromatic rings. The number of fused-ring (bicyclic) bond motifs is 1. The van der Waals surface area contributed by atoms with Crippen LogP contribution in [0.15, 0.2) is 42.5 Å². The lowest BCUT2D eigenvalue weighted by Crippen LogP contribution is -2.12. The molecule has 0 bridgehead atoms. The quantitative estimate of drug-likeness (QED) is 0.673. The van der Waals surface area contributed by atoms with Crippen molar-refractivity contribution in [1.82, 2.24) is 9.55 Å². The van der Waals surface area contributed by atoms with E-state index in [9.17, 15) is 0 Å². The number of rotatable bonds is 5. The fourth-order valence-corrected chi connectivity index (χ4v) is 2.83. The molecule has 3 heteroatoms. The largest absolute Gasteiger partial charge is 0.492 e. The number of benzene rings is 2. The molecule has 0 fully saturated rings. The van der Waals surface area contributed by atoms with Gasteiger partial charge in [-0.25, -0.2) is 4.98 Å². The van der Waals surface area contributed by atoms with Gasteiger partial charge in [0, 0.05) is 5.92 Å². The second kappa shape index (κ2) is 6.45. The van der Waals surface area contributed by atoms with Gasteiger partial charge in [0.05, 0.1) is 17.6 Å². The summed E-state index contributed by atoms with van der Waals surface area (Å²) >= 11 is 0. The molecule has 0 N–H and O–H groups in total. The van der Waals surface area contributed by atoms with Crippen molar-refractivity contribution >= 4 is 11.0 Å². The zero-order chi connectivity index (χ0) is 16.4. The minimum Gasteiger partial charge on any atom is -0.492 e. The van der Waals surface area contributed by atoms with Gasteiger partial charge in [-0.05, 0) is 49.2 Å². The first-order valence-electron chi connectivity index (χ1n) is 8.21. The molecule has 0 spiro atoms. The Morgan fingerprint density at radius 3 is 2.57 bits per heavy atom. The fraction of sp³-hybridized carbons (Fsp3) is 0.350. The molecule has 0 atom stereocenters. The number of ether oxygens (including phenoxy) is 1. The molecular weight excluding hydrogens is 284 g/mol. The third-order valence-corrected chi connectivity index (χ3v) is 4.26. The molecule has 0 amide bonds. The average molecular weight is 308 g/mol. The second-order valence-electron chi connectivity index (χ2n) is 6.36. The smallest absolute Gasteiger partial charge is 0.119 e. The Morgan fingerprint density at radius 1 is 1.04 bits per heavy atom. The number of para-hydroxylation sites is 2. The van der Waals surface area contributed by atoms with E-state index in [0.717, 1.165) is 23.6 Å².